The van der Waals surface area contributed by atoms with E-state index in [1.54, 1.807) is 17.3 Å². The number of amides is 2. The Hall–Kier alpha value is -3.94. The van der Waals surface area contributed by atoms with E-state index >= 15 is 0 Å². The quantitative estimate of drug-likeness (QED) is 0.528. The molecule has 8 heteroatoms. The van der Waals surface area contributed by atoms with E-state index in [1.807, 2.05) is 65.3 Å². The molecule has 8 nitrogen and oxygen atoms in total. The van der Waals surface area contributed by atoms with Crippen molar-refractivity contribution in [2.24, 2.45) is 0 Å². The molecule has 33 heavy (non-hydrogen) atoms. The van der Waals surface area contributed by atoms with Crippen molar-refractivity contribution in [3.05, 3.63) is 83.6 Å². The van der Waals surface area contributed by atoms with Crippen molar-refractivity contribution in [2.75, 3.05) is 13.6 Å². The number of H-pyrrole nitrogens is 1. The Labute approximate surface area is 190 Å². The molecule has 1 aromatic carbocycles. The maximum absolute atomic E-state index is 13.5. The zero-order valence-electron chi connectivity index (χ0n) is 18.4. The van der Waals surface area contributed by atoms with Gasteiger partial charge >= 0.3 is 0 Å². The third-order valence-corrected chi connectivity index (χ3v) is 7.02. The van der Waals surface area contributed by atoms with Crippen LogP contribution in [0.1, 0.15) is 44.9 Å². The number of hydrogen-bond donors (Lipinski definition) is 1. The molecule has 166 valence electrons. The first-order valence-electron chi connectivity index (χ1n) is 11.2. The molecule has 2 aliphatic rings. The van der Waals surface area contributed by atoms with Gasteiger partial charge in [0.25, 0.3) is 11.8 Å². The van der Waals surface area contributed by atoms with Gasteiger partial charge in [-0.3, -0.25) is 19.3 Å². The Bertz CT molecular complexity index is 1340. The van der Waals surface area contributed by atoms with E-state index in [0.29, 0.717) is 30.9 Å². The number of fused-ring (bicyclic) bond motifs is 2. The van der Waals surface area contributed by atoms with Crippen LogP contribution < -0.4 is 0 Å². The maximum atomic E-state index is 13.5. The third kappa shape index (κ3) is 3.13. The molecule has 0 saturated heterocycles. The summed E-state index contributed by atoms with van der Waals surface area (Å²) in [6.07, 6.45) is 7.05. The molecule has 1 N–H and O–H groups in total. The van der Waals surface area contributed by atoms with E-state index in [0.717, 1.165) is 35.0 Å². The molecule has 0 spiro atoms. The van der Waals surface area contributed by atoms with Crippen molar-refractivity contribution in [1.82, 2.24) is 29.5 Å². The van der Waals surface area contributed by atoms with Crippen molar-refractivity contribution < 1.29 is 9.59 Å². The third-order valence-electron chi connectivity index (χ3n) is 7.02. The van der Waals surface area contributed by atoms with Gasteiger partial charge in [-0.2, -0.15) is 5.10 Å². The van der Waals surface area contributed by atoms with Crippen LogP contribution in [0.3, 0.4) is 0 Å². The highest BCUT2D eigenvalue weighted by molar-refractivity contribution is 5.99. The molecule has 6 rings (SSSR count). The lowest BCUT2D eigenvalue weighted by atomic mass is 10.0. The monoisotopic (exact) mass is 440 g/mol. The van der Waals surface area contributed by atoms with Gasteiger partial charge in [0.05, 0.1) is 36.1 Å². The molecule has 0 atom stereocenters. The number of hydrogen-bond acceptors (Lipinski definition) is 4. The highest BCUT2D eigenvalue weighted by atomic mass is 16.2. The van der Waals surface area contributed by atoms with Gasteiger partial charge in [0, 0.05) is 36.9 Å². The van der Waals surface area contributed by atoms with Gasteiger partial charge in [0.15, 0.2) is 0 Å². The first-order valence-corrected chi connectivity index (χ1v) is 11.2. The van der Waals surface area contributed by atoms with Gasteiger partial charge in [0.1, 0.15) is 5.69 Å². The normalized spacial score (nSPS) is 16.5. The molecule has 1 fully saturated rings. The van der Waals surface area contributed by atoms with Gasteiger partial charge in [-0.25, -0.2) is 0 Å². The van der Waals surface area contributed by atoms with Crippen LogP contribution in [0.4, 0.5) is 0 Å². The Kier molecular flexibility index (Phi) is 4.36. The Morgan fingerprint density at radius 1 is 1.09 bits per heavy atom. The maximum Gasteiger partial charge on any atom is 0.270 e. The van der Waals surface area contributed by atoms with Crippen LogP contribution in [0.25, 0.3) is 10.9 Å². The number of aromatic nitrogens is 4. The van der Waals surface area contributed by atoms with Gasteiger partial charge in [0.2, 0.25) is 0 Å². The van der Waals surface area contributed by atoms with E-state index in [9.17, 15) is 9.59 Å². The van der Waals surface area contributed by atoms with E-state index < -0.39 is 0 Å². The van der Waals surface area contributed by atoms with Crippen molar-refractivity contribution in [3.63, 3.8) is 0 Å². The number of aromatic amines is 1. The Balaban J connectivity index is 1.26. The summed E-state index contributed by atoms with van der Waals surface area (Å²) in [6.45, 7) is 1.46. The van der Waals surface area contributed by atoms with Gasteiger partial charge in [-0.1, -0.05) is 24.3 Å². The van der Waals surface area contributed by atoms with Crippen LogP contribution in [0.15, 0.2) is 61.1 Å². The summed E-state index contributed by atoms with van der Waals surface area (Å²) in [7, 11) is 1.85. The first kappa shape index (κ1) is 19.7. The molecule has 0 bridgehead atoms. The van der Waals surface area contributed by atoms with Crippen LogP contribution >= 0.6 is 0 Å². The fraction of sp³-hybridized carbons (Fsp3) is 0.280. The predicted octanol–water partition coefficient (Wildman–Crippen LogP) is 3.18. The van der Waals surface area contributed by atoms with Crippen molar-refractivity contribution in [2.45, 2.75) is 31.5 Å². The summed E-state index contributed by atoms with van der Waals surface area (Å²) < 4.78 is 1.85. The zero-order valence-corrected chi connectivity index (χ0v) is 18.4. The Morgan fingerprint density at radius 3 is 2.70 bits per heavy atom. The lowest BCUT2D eigenvalue weighted by molar-refractivity contribution is 0.0669. The van der Waals surface area contributed by atoms with Gasteiger partial charge < -0.3 is 14.8 Å². The van der Waals surface area contributed by atoms with Crippen molar-refractivity contribution in [1.29, 1.82) is 0 Å². The summed E-state index contributed by atoms with van der Waals surface area (Å²) in [4.78, 5) is 37.8. The molecule has 4 heterocycles. The average molecular weight is 441 g/mol. The molecule has 0 radical (unpaired) electrons. The van der Waals surface area contributed by atoms with Gasteiger partial charge in [-0.15, -0.1) is 0 Å². The fourth-order valence-electron chi connectivity index (χ4n) is 4.91. The van der Waals surface area contributed by atoms with Crippen LogP contribution in [0.5, 0.6) is 0 Å². The van der Waals surface area contributed by atoms with Crippen LogP contribution in [0.2, 0.25) is 0 Å². The lowest BCUT2D eigenvalue weighted by Gasteiger charge is -2.31. The van der Waals surface area contributed by atoms with E-state index in [1.165, 1.54) is 0 Å². The minimum absolute atomic E-state index is 0.0700. The van der Waals surface area contributed by atoms with Crippen LogP contribution in [-0.4, -0.2) is 55.0 Å². The van der Waals surface area contributed by atoms with Crippen LogP contribution in [0, 0.1) is 0 Å². The summed E-state index contributed by atoms with van der Waals surface area (Å²) in [5, 5.41) is 5.45. The minimum atomic E-state index is -0.311. The first-order chi connectivity index (χ1) is 16.1. The Morgan fingerprint density at radius 2 is 1.94 bits per heavy atom. The summed E-state index contributed by atoms with van der Waals surface area (Å²) >= 11 is 0. The number of nitrogens with zero attached hydrogens (tertiary/aromatic N) is 5. The second-order valence-electron chi connectivity index (χ2n) is 8.86. The minimum Gasteiger partial charge on any atom is -0.351 e. The number of pyridine rings is 1. The number of carbonyl (C=O) groups excluding carboxylic acids is 2. The van der Waals surface area contributed by atoms with Crippen molar-refractivity contribution >= 4 is 22.7 Å². The molecule has 1 saturated carbocycles. The fourth-order valence-corrected chi connectivity index (χ4v) is 4.91. The lowest BCUT2D eigenvalue weighted by Crippen LogP contribution is -2.41. The van der Waals surface area contributed by atoms with E-state index in [-0.39, 0.29) is 17.4 Å². The number of benzene rings is 1. The highest BCUT2D eigenvalue weighted by Crippen LogP contribution is 2.50. The average Bonchev–Trinajstić information content (AvgIpc) is 3.38. The zero-order chi connectivity index (χ0) is 22.6. The second-order valence-corrected chi connectivity index (χ2v) is 8.86. The SMILES string of the molecule is CN(C(=O)c1cnn2c1CN(C(=O)c1cc3ccccc3[nH]1)CC2)C1(c2cccnc2)CC1. The second kappa shape index (κ2) is 7.30. The molecular weight excluding hydrogens is 416 g/mol. The molecule has 1 aliphatic heterocycles. The summed E-state index contributed by atoms with van der Waals surface area (Å²) in [5.74, 6) is -0.142. The molecular formula is C25H24N6O2. The largest absolute Gasteiger partial charge is 0.351 e. The number of carbonyl (C=O) groups is 2. The van der Waals surface area contributed by atoms with Gasteiger partial charge in [-0.05, 0) is 36.6 Å². The predicted molar refractivity (Wildman–Crippen MR) is 123 cm³/mol. The smallest absolute Gasteiger partial charge is 0.270 e. The number of nitrogens with one attached hydrogen (secondary N) is 1. The summed E-state index contributed by atoms with van der Waals surface area (Å²) in [5.41, 5.74) is 3.58. The molecule has 4 aromatic rings. The van der Waals surface area contributed by atoms with E-state index in [4.69, 9.17) is 0 Å². The topological polar surface area (TPSA) is 87.1 Å². The number of rotatable bonds is 4. The standard InChI is InChI=1S/C25H24N6O2/c1-29(25(8-9-25)18-6-4-10-26-14-18)23(32)19-15-27-31-12-11-30(16-22(19)31)24(33)21-13-17-5-2-3-7-20(17)28-21/h2-7,10,13-15,28H,8-9,11-12,16H2,1H3. The molecule has 1 aliphatic carbocycles. The van der Waals surface area contributed by atoms with E-state index in [2.05, 4.69) is 15.1 Å². The summed E-state index contributed by atoms with van der Waals surface area (Å²) in [6, 6.07) is 13.7. The van der Waals surface area contributed by atoms with Crippen molar-refractivity contribution in [3.8, 4) is 0 Å². The molecule has 2 amide bonds. The highest BCUT2D eigenvalue weighted by Gasteiger charge is 2.50. The molecule has 3 aromatic heterocycles. The van der Waals surface area contributed by atoms with Crippen LogP contribution in [-0.2, 0) is 18.6 Å². The number of para-hydroxylation sites is 1. The molecule has 0 unspecified atom stereocenters.